The van der Waals surface area contributed by atoms with E-state index in [-0.39, 0.29) is 6.04 Å². The molecule has 2 heterocycles. The van der Waals surface area contributed by atoms with Crippen molar-refractivity contribution in [3.8, 4) is 0 Å². The van der Waals surface area contributed by atoms with Gasteiger partial charge in [-0.05, 0) is 24.5 Å². The Balaban J connectivity index is 2.18. The molecule has 4 nitrogen and oxygen atoms in total. The number of aryl methyl sites for hydroxylation is 1. The molecule has 0 saturated heterocycles. The Kier molecular flexibility index (Phi) is 3.31. The second-order valence-corrected chi connectivity index (χ2v) is 4.99. The number of rotatable bonds is 3. The molecule has 1 atom stereocenters. The highest BCUT2D eigenvalue weighted by molar-refractivity contribution is 5.80. The number of hydrogen-bond acceptors (Lipinski definition) is 4. The van der Waals surface area contributed by atoms with Crippen LogP contribution in [0.1, 0.15) is 31.1 Å². The van der Waals surface area contributed by atoms with E-state index in [0.717, 1.165) is 18.8 Å². The van der Waals surface area contributed by atoms with Gasteiger partial charge in [0.2, 0.25) is 0 Å². The normalized spacial score (nSPS) is 19.9. The lowest BCUT2D eigenvalue weighted by Gasteiger charge is -2.28. The molecule has 17 heavy (non-hydrogen) atoms. The van der Waals surface area contributed by atoms with Crippen LogP contribution in [0.4, 0.5) is 0 Å². The first-order valence-electron chi connectivity index (χ1n) is 6.07. The Bertz CT molecular complexity index is 408. The Labute approximate surface area is 103 Å². The molecular formula is C13H20N4. The van der Waals surface area contributed by atoms with Gasteiger partial charge in [0.15, 0.2) is 5.96 Å². The van der Waals surface area contributed by atoms with Gasteiger partial charge in [-0.1, -0.05) is 19.9 Å². The molecule has 4 heteroatoms. The number of hydrogen-bond donors (Lipinski definition) is 1. The van der Waals surface area contributed by atoms with E-state index in [9.17, 15) is 0 Å². The molecule has 2 N–H and O–H groups in total. The molecule has 1 aliphatic rings. The second-order valence-electron chi connectivity index (χ2n) is 4.99. The van der Waals surface area contributed by atoms with Crippen LogP contribution >= 0.6 is 0 Å². The van der Waals surface area contributed by atoms with Crippen molar-refractivity contribution >= 4 is 5.96 Å². The summed E-state index contributed by atoms with van der Waals surface area (Å²) >= 11 is 0. The molecule has 2 rings (SSSR count). The molecule has 0 radical (unpaired) electrons. The summed E-state index contributed by atoms with van der Waals surface area (Å²) in [6.07, 6.45) is 1.93. The van der Waals surface area contributed by atoms with Crippen LogP contribution in [-0.2, 0) is 0 Å². The van der Waals surface area contributed by atoms with Gasteiger partial charge in [-0.15, -0.1) is 0 Å². The predicted molar refractivity (Wildman–Crippen MR) is 69.7 cm³/mol. The molecule has 0 aromatic carbocycles. The van der Waals surface area contributed by atoms with Crippen LogP contribution in [0.5, 0.6) is 0 Å². The van der Waals surface area contributed by atoms with E-state index in [2.05, 4.69) is 34.8 Å². The summed E-state index contributed by atoms with van der Waals surface area (Å²) in [4.78, 5) is 10.9. The SMILES string of the molecule is Cc1ccc(C2CN=C(N)N2CC(C)C)cn1. The summed E-state index contributed by atoms with van der Waals surface area (Å²) in [5.74, 6) is 1.23. The number of pyridine rings is 1. The fourth-order valence-electron chi connectivity index (χ4n) is 2.10. The van der Waals surface area contributed by atoms with Crippen molar-refractivity contribution in [3.63, 3.8) is 0 Å². The molecule has 0 fully saturated rings. The molecule has 1 aliphatic heterocycles. The van der Waals surface area contributed by atoms with Crippen LogP contribution in [0.15, 0.2) is 23.3 Å². The van der Waals surface area contributed by atoms with Crippen molar-refractivity contribution in [1.82, 2.24) is 9.88 Å². The van der Waals surface area contributed by atoms with Crippen molar-refractivity contribution in [2.75, 3.05) is 13.1 Å². The first kappa shape index (κ1) is 11.9. The first-order chi connectivity index (χ1) is 8.08. The number of nitrogens with zero attached hydrogens (tertiary/aromatic N) is 3. The number of aromatic nitrogens is 1. The Morgan fingerprint density at radius 2 is 2.24 bits per heavy atom. The van der Waals surface area contributed by atoms with Gasteiger partial charge in [0, 0.05) is 18.4 Å². The molecule has 0 spiro atoms. The second kappa shape index (κ2) is 4.73. The van der Waals surface area contributed by atoms with E-state index in [1.165, 1.54) is 5.56 Å². The van der Waals surface area contributed by atoms with Crippen molar-refractivity contribution in [3.05, 3.63) is 29.6 Å². The van der Waals surface area contributed by atoms with E-state index in [0.29, 0.717) is 11.9 Å². The summed E-state index contributed by atoms with van der Waals surface area (Å²) in [5, 5.41) is 0. The van der Waals surface area contributed by atoms with Crippen LogP contribution in [0.25, 0.3) is 0 Å². The smallest absolute Gasteiger partial charge is 0.191 e. The molecule has 0 saturated carbocycles. The van der Waals surface area contributed by atoms with E-state index in [1.807, 2.05) is 19.2 Å². The average molecular weight is 232 g/mol. The van der Waals surface area contributed by atoms with Crippen molar-refractivity contribution in [2.24, 2.45) is 16.6 Å². The lowest BCUT2D eigenvalue weighted by Crippen LogP contribution is -2.38. The lowest BCUT2D eigenvalue weighted by molar-refractivity contribution is 0.309. The molecule has 1 unspecified atom stereocenters. The van der Waals surface area contributed by atoms with Gasteiger partial charge in [-0.25, -0.2) is 0 Å². The maximum absolute atomic E-state index is 5.94. The van der Waals surface area contributed by atoms with Gasteiger partial charge < -0.3 is 10.6 Å². The summed E-state index contributed by atoms with van der Waals surface area (Å²) in [5.41, 5.74) is 8.17. The van der Waals surface area contributed by atoms with E-state index < -0.39 is 0 Å². The highest BCUT2D eigenvalue weighted by atomic mass is 15.3. The van der Waals surface area contributed by atoms with Gasteiger partial charge in [-0.3, -0.25) is 9.98 Å². The summed E-state index contributed by atoms with van der Waals surface area (Å²) in [6, 6.07) is 4.41. The van der Waals surface area contributed by atoms with Crippen LogP contribution in [0.3, 0.4) is 0 Å². The van der Waals surface area contributed by atoms with Crippen LogP contribution in [-0.4, -0.2) is 28.9 Å². The van der Waals surface area contributed by atoms with E-state index in [1.54, 1.807) is 0 Å². The Morgan fingerprint density at radius 1 is 1.47 bits per heavy atom. The van der Waals surface area contributed by atoms with Crippen molar-refractivity contribution in [2.45, 2.75) is 26.8 Å². The number of aliphatic imine (C=N–C) groups is 1. The maximum Gasteiger partial charge on any atom is 0.191 e. The maximum atomic E-state index is 5.94. The van der Waals surface area contributed by atoms with Gasteiger partial charge in [0.25, 0.3) is 0 Å². The summed E-state index contributed by atoms with van der Waals surface area (Å²) in [6.45, 7) is 8.05. The molecular weight excluding hydrogens is 212 g/mol. The quantitative estimate of drug-likeness (QED) is 0.863. The highest BCUT2D eigenvalue weighted by Crippen LogP contribution is 2.25. The van der Waals surface area contributed by atoms with Crippen molar-refractivity contribution in [1.29, 1.82) is 0 Å². The fraction of sp³-hybridized carbons (Fsp3) is 0.538. The monoisotopic (exact) mass is 232 g/mol. The summed E-state index contributed by atoms with van der Waals surface area (Å²) in [7, 11) is 0. The average Bonchev–Trinajstić information content (AvgIpc) is 2.61. The Hall–Kier alpha value is -1.58. The van der Waals surface area contributed by atoms with E-state index in [4.69, 9.17) is 5.73 Å². The number of nitrogens with two attached hydrogens (primary N) is 1. The zero-order valence-electron chi connectivity index (χ0n) is 10.7. The minimum atomic E-state index is 0.255. The first-order valence-corrected chi connectivity index (χ1v) is 6.07. The fourth-order valence-corrected chi connectivity index (χ4v) is 2.10. The molecule has 92 valence electrons. The molecule has 1 aromatic rings. The minimum Gasteiger partial charge on any atom is -0.370 e. The third-order valence-electron chi connectivity index (χ3n) is 2.98. The van der Waals surface area contributed by atoms with Gasteiger partial charge in [-0.2, -0.15) is 0 Å². The topological polar surface area (TPSA) is 54.5 Å². The zero-order valence-corrected chi connectivity index (χ0v) is 10.7. The molecule has 1 aromatic heterocycles. The third kappa shape index (κ3) is 2.57. The minimum absolute atomic E-state index is 0.255. The van der Waals surface area contributed by atoms with Crippen molar-refractivity contribution < 1.29 is 0 Å². The van der Waals surface area contributed by atoms with Gasteiger partial charge in [0.1, 0.15) is 0 Å². The molecule has 0 amide bonds. The van der Waals surface area contributed by atoms with E-state index >= 15 is 0 Å². The molecule has 0 aliphatic carbocycles. The zero-order chi connectivity index (χ0) is 12.4. The lowest BCUT2D eigenvalue weighted by atomic mass is 10.1. The van der Waals surface area contributed by atoms with Crippen LogP contribution < -0.4 is 5.73 Å². The number of guanidine groups is 1. The van der Waals surface area contributed by atoms with Crippen LogP contribution in [0.2, 0.25) is 0 Å². The third-order valence-corrected chi connectivity index (χ3v) is 2.98. The Morgan fingerprint density at radius 3 is 2.82 bits per heavy atom. The standard InChI is InChI=1S/C13H20N4/c1-9(2)8-17-12(7-16-13(17)14)11-5-4-10(3)15-6-11/h4-6,9,12H,7-8H2,1-3H3,(H2,14,16). The van der Waals surface area contributed by atoms with Gasteiger partial charge in [0.05, 0.1) is 12.6 Å². The van der Waals surface area contributed by atoms with Gasteiger partial charge >= 0.3 is 0 Å². The highest BCUT2D eigenvalue weighted by Gasteiger charge is 2.27. The summed E-state index contributed by atoms with van der Waals surface area (Å²) < 4.78 is 0. The predicted octanol–water partition coefficient (Wildman–Crippen LogP) is 1.72. The largest absolute Gasteiger partial charge is 0.370 e. The van der Waals surface area contributed by atoms with Crippen LogP contribution in [0, 0.1) is 12.8 Å². The molecule has 0 bridgehead atoms.